The lowest BCUT2D eigenvalue weighted by Gasteiger charge is -2.29. The van der Waals surface area contributed by atoms with Crippen LogP contribution in [0.1, 0.15) is 38.3 Å². The highest BCUT2D eigenvalue weighted by Gasteiger charge is 2.36. The van der Waals surface area contributed by atoms with Crippen LogP contribution in [0.15, 0.2) is 41.9 Å². The number of ether oxygens (including phenoxy) is 1. The molecule has 1 aromatic heterocycles. The number of fused-ring (bicyclic) bond motifs is 1. The number of hydrogen-bond acceptors (Lipinski definition) is 5. The lowest BCUT2D eigenvalue weighted by molar-refractivity contribution is -0.139. The predicted octanol–water partition coefficient (Wildman–Crippen LogP) is 3.05. The second-order valence-electron chi connectivity index (χ2n) is 5.44. The maximum atomic E-state index is 14.5. The van der Waals surface area contributed by atoms with Gasteiger partial charge in [0, 0.05) is 11.3 Å². The molecule has 0 amide bonds. The highest BCUT2D eigenvalue weighted by molar-refractivity contribution is 5.92. The molecule has 1 atom stereocenters. The van der Waals surface area contributed by atoms with Crippen molar-refractivity contribution in [2.24, 2.45) is 0 Å². The van der Waals surface area contributed by atoms with Crippen LogP contribution < -0.4 is 5.32 Å². The molecule has 0 bridgehead atoms. The summed E-state index contributed by atoms with van der Waals surface area (Å²) < 4.78 is 21.2. The summed E-state index contributed by atoms with van der Waals surface area (Å²) in [6.07, 6.45) is 2.84. The fraction of sp³-hybridized carbons (Fsp3) is 0.353. The third-order valence-corrected chi connectivity index (χ3v) is 3.87. The third-order valence-electron chi connectivity index (χ3n) is 3.87. The second-order valence-corrected chi connectivity index (χ2v) is 5.44. The number of allylic oxidation sites excluding steroid dienone is 1. The molecule has 6 nitrogen and oxygen atoms in total. The Morgan fingerprint density at radius 2 is 2.17 bits per heavy atom. The first kappa shape index (κ1) is 16.2. The Balaban J connectivity index is 2.20. The summed E-state index contributed by atoms with van der Waals surface area (Å²) in [5.41, 5.74) is 1.44. The molecule has 3 rings (SSSR count). The molecule has 0 fully saturated rings. The van der Waals surface area contributed by atoms with Gasteiger partial charge in [0.2, 0.25) is 5.95 Å². The number of halogens is 1. The SMILES string of the molecule is CCCC1=C(C(=O)OCC)[C@H](c2ccccc2F)n2ncnc2N1. The Labute approximate surface area is 139 Å². The smallest absolute Gasteiger partial charge is 0.338 e. The van der Waals surface area contributed by atoms with Gasteiger partial charge < -0.3 is 10.1 Å². The van der Waals surface area contributed by atoms with E-state index in [9.17, 15) is 9.18 Å². The molecule has 0 saturated carbocycles. The Hall–Kier alpha value is -2.70. The molecule has 0 radical (unpaired) electrons. The normalized spacial score (nSPS) is 16.5. The van der Waals surface area contributed by atoms with Crippen LogP contribution in [0.5, 0.6) is 0 Å². The van der Waals surface area contributed by atoms with E-state index in [1.54, 1.807) is 25.1 Å². The zero-order chi connectivity index (χ0) is 17.1. The Morgan fingerprint density at radius 3 is 2.88 bits per heavy atom. The summed E-state index contributed by atoms with van der Waals surface area (Å²) in [5, 5.41) is 7.31. The number of carbonyl (C=O) groups is 1. The Bertz CT molecular complexity index is 784. The summed E-state index contributed by atoms with van der Waals surface area (Å²) >= 11 is 0. The van der Waals surface area contributed by atoms with Gasteiger partial charge in [-0.3, -0.25) is 0 Å². The monoisotopic (exact) mass is 330 g/mol. The van der Waals surface area contributed by atoms with Crippen molar-refractivity contribution in [2.45, 2.75) is 32.7 Å². The number of benzene rings is 1. The third kappa shape index (κ3) is 2.77. The number of anilines is 1. The average molecular weight is 330 g/mol. The van der Waals surface area contributed by atoms with E-state index in [4.69, 9.17) is 4.74 Å². The standard InChI is InChI=1S/C17H19FN4O2/c1-3-7-13-14(16(23)24-4-2)15(11-8-5-6-9-12(11)18)22-17(21-13)19-10-20-22/h5-6,8-10,15H,3-4,7H2,1-2H3,(H,19,20,21)/t15-/m0/s1. The number of rotatable bonds is 5. The molecule has 24 heavy (non-hydrogen) atoms. The van der Waals surface area contributed by atoms with E-state index in [-0.39, 0.29) is 6.61 Å². The molecule has 0 spiro atoms. The van der Waals surface area contributed by atoms with E-state index < -0.39 is 17.8 Å². The van der Waals surface area contributed by atoms with Crippen molar-refractivity contribution in [3.63, 3.8) is 0 Å². The summed E-state index contributed by atoms with van der Waals surface area (Å²) in [4.78, 5) is 16.8. The molecule has 1 N–H and O–H groups in total. The lowest BCUT2D eigenvalue weighted by Crippen LogP contribution is -2.31. The number of nitrogens with zero attached hydrogens (tertiary/aromatic N) is 3. The number of carbonyl (C=O) groups excluding carboxylic acids is 1. The molecule has 1 aliphatic rings. The van der Waals surface area contributed by atoms with Crippen LogP contribution in [0.3, 0.4) is 0 Å². The molecule has 1 aliphatic heterocycles. The van der Waals surface area contributed by atoms with Crippen LogP contribution in [0.25, 0.3) is 0 Å². The largest absolute Gasteiger partial charge is 0.463 e. The first-order valence-corrected chi connectivity index (χ1v) is 7.98. The fourth-order valence-corrected chi connectivity index (χ4v) is 2.89. The van der Waals surface area contributed by atoms with Gasteiger partial charge >= 0.3 is 5.97 Å². The van der Waals surface area contributed by atoms with Gasteiger partial charge in [-0.05, 0) is 19.4 Å². The zero-order valence-corrected chi connectivity index (χ0v) is 13.6. The van der Waals surface area contributed by atoms with Crippen LogP contribution >= 0.6 is 0 Å². The average Bonchev–Trinajstić information content (AvgIpc) is 3.03. The van der Waals surface area contributed by atoms with Crippen molar-refractivity contribution < 1.29 is 13.9 Å². The molecule has 126 valence electrons. The lowest BCUT2D eigenvalue weighted by atomic mass is 9.93. The molecular weight excluding hydrogens is 311 g/mol. The first-order chi connectivity index (χ1) is 11.7. The first-order valence-electron chi connectivity index (χ1n) is 7.98. The predicted molar refractivity (Wildman–Crippen MR) is 86.8 cm³/mol. The van der Waals surface area contributed by atoms with Gasteiger partial charge in [0.05, 0.1) is 12.2 Å². The van der Waals surface area contributed by atoms with E-state index in [1.165, 1.54) is 17.1 Å². The van der Waals surface area contributed by atoms with Gasteiger partial charge in [-0.25, -0.2) is 13.9 Å². The number of esters is 1. The molecule has 0 saturated heterocycles. The highest BCUT2D eigenvalue weighted by Crippen LogP contribution is 2.37. The van der Waals surface area contributed by atoms with Crippen molar-refractivity contribution >= 4 is 11.9 Å². The van der Waals surface area contributed by atoms with Gasteiger partial charge in [0.25, 0.3) is 0 Å². The summed E-state index contributed by atoms with van der Waals surface area (Å²) in [5.74, 6) is -0.383. The minimum absolute atomic E-state index is 0.246. The van der Waals surface area contributed by atoms with Gasteiger partial charge in [0.1, 0.15) is 18.2 Å². The summed E-state index contributed by atoms with van der Waals surface area (Å²) in [7, 11) is 0. The van der Waals surface area contributed by atoms with E-state index in [0.717, 1.165) is 6.42 Å². The van der Waals surface area contributed by atoms with Crippen molar-refractivity contribution in [2.75, 3.05) is 11.9 Å². The quantitative estimate of drug-likeness (QED) is 0.853. The summed E-state index contributed by atoms with van der Waals surface area (Å²) in [6.45, 7) is 4.00. The number of aromatic nitrogens is 3. The highest BCUT2D eigenvalue weighted by atomic mass is 19.1. The molecule has 2 heterocycles. The van der Waals surface area contributed by atoms with Crippen molar-refractivity contribution in [1.82, 2.24) is 14.8 Å². The maximum Gasteiger partial charge on any atom is 0.338 e. The zero-order valence-electron chi connectivity index (χ0n) is 13.6. The number of hydrogen-bond donors (Lipinski definition) is 1. The van der Waals surface area contributed by atoms with Gasteiger partial charge in [0.15, 0.2) is 0 Å². The van der Waals surface area contributed by atoms with Crippen LogP contribution in [0.4, 0.5) is 10.3 Å². The summed E-state index contributed by atoms with van der Waals surface area (Å²) in [6, 6.07) is 5.67. The van der Waals surface area contributed by atoms with Gasteiger partial charge in [-0.1, -0.05) is 31.5 Å². The maximum absolute atomic E-state index is 14.5. The van der Waals surface area contributed by atoms with Crippen LogP contribution in [0.2, 0.25) is 0 Å². The molecular formula is C17H19FN4O2. The van der Waals surface area contributed by atoms with Gasteiger partial charge in [-0.15, -0.1) is 0 Å². The molecule has 7 heteroatoms. The fourth-order valence-electron chi connectivity index (χ4n) is 2.89. The molecule has 0 aliphatic carbocycles. The van der Waals surface area contributed by atoms with E-state index >= 15 is 0 Å². The van der Waals surface area contributed by atoms with Crippen LogP contribution in [-0.4, -0.2) is 27.3 Å². The molecule has 2 aromatic rings. The van der Waals surface area contributed by atoms with Crippen LogP contribution in [0, 0.1) is 5.82 Å². The molecule has 1 aromatic carbocycles. The van der Waals surface area contributed by atoms with Crippen molar-refractivity contribution in [3.05, 3.63) is 53.2 Å². The Morgan fingerprint density at radius 1 is 1.38 bits per heavy atom. The minimum atomic E-state index is -0.703. The Kier molecular flexibility index (Phi) is 4.59. The van der Waals surface area contributed by atoms with Crippen molar-refractivity contribution in [3.8, 4) is 0 Å². The van der Waals surface area contributed by atoms with Gasteiger partial charge in [-0.2, -0.15) is 10.1 Å². The topological polar surface area (TPSA) is 69.0 Å². The second kappa shape index (κ2) is 6.82. The van der Waals surface area contributed by atoms with E-state index in [1.807, 2.05) is 6.92 Å². The van der Waals surface area contributed by atoms with E-state index in [0.29, 0.717) is 29.2 Å². The minimum Gasteiger partial charge on any atom is -0.463 e. The van der Waals surface area contributed by atoms with Crippen LogP contribution in [-0.2, 0) is 9.53 Å². The van der Waals surface area contributed by atoms with E-state index in [2.05, 4.69) is 15.4 Å². The number of nitrogens with one attached hydrogen (secondary N) is 1. The molecule has 0 unspecified atom stereocenters. The van der Waals surface area contributed by atoms with Crippen molar-refractivity contribution in [1.29, 1.82) is 0 Å².